The van der Waals surface area contributed by atoms with Gasteiger partial charge in [-0.2, -0.15) is 5.48 Å². The summed E-state index contributed by atoms with van der Waals surface area (Å²) in [4.78, 5) is 5.82. The lowest BCUT2D eigenvalue weighted by atomic mass is 9.83. The first kappa shape index (κ1) is 13.7. The number of hydroxylamine groups is 1. The number of benzene rings is 1. The van der Waals surface area contributed by atoms with Crippen LogP contribution in [0.15, 0.2) is 30.4 Å². The second-order valence-electron chi connectivity index (χ2n) is 6.31. The van der Waals surface area contributed by atoms with E-state index in [1.165, 1.54) is 43.2 Å². The van der Waals surface area contributed by atoms with Crippen LogP contribution in [0.25, 0.3) is 0 Å². The van der Waals surface area contributed by atoms with Crippen LogP contribution in [0.2, 0.25) is 0 Å². The highest BCUT2D eigenvalue weighted by atomic mass is 16.6. The molecule has 0 radical (unpaired) electrons. The Morgan fingerprint density at radius 2 is 1.65 bits per heavy atom. The fourth-order valence-corrected chi connectivity index (χ4v) is 3.34. The zero-order valence-corrected chi connectivity index (χ0v) is 12.6. The van der Waals surface area contributed by atoms with Crippen LogP contribution >= 0.6 is 0 Å². The van der Waals surface area contributed by atoms with Crippen LogP contribution < -0.4 is 10.3 Å². The normalized spacial score (nSPS) is 26.3. The number of rotatable bonds is 3. The standard InChI is InChI=1S/C18H25NO/c1-13-8-9-14(2)18-12-16(10-11-17(13)18)20-19-15-6-4-3-5-7-15/h8-15,19H,3-7H2,1-2H3. The summed E-state index contributed by atoms with van der Waals surface area (Å²) >= 11 is 0. The molecule has 0 saturated heterocycles. The summed E-state index contributed by atoms with van der Waals surface area (Å²) in [5.41, 5.74) is 6.09. The predicted molar refractivity (Wildman–Crippen MR) is 83.0 cm³/mol. The molecule has 0 spiro atoms. The van der Waals surface area contributed by atoms with E-state index in [9.17, 15) is 0 Å². The summed E-state index contributed by atoms with van der Waals surface area (Å²) in [6.07, 6.45) is 11.1. The van der Waals surface area contributed by atoms with Crippen molar-refractivity contribution in [3.63, 3.8) is 0 Å². The Kier molecular flexibility index (Phi) is 4.11. The van der Waals surface area contributed by atoms with Gasteiger partial charge in [0.1, 0.15) is 5.75 Å². The van der Waals surface area contributed by atoms with E-state index < -0.39 is 0 Å². The molecule has 1 fully saturated rings. The quantitative estimate of drug-likeness (QED) is 0.636. The molecule has 2 atom stereocenters. The zero-order valence-electron chi connectivity index (χ0n) is 12.6. The Hall–Kier alpha value is -1.28. The molecule has 0 aliphatic heterocycles. The van der Waals surface area contributed by atoms with Crippen LogP contribution in [0.4, 0.5) is 0 Å². The van der Waals surface area contributed by atoms with E-state index in [2.05, 4.69) is 49.7 Å². The van der Waals surface area contributed by atoms with Crippen LogP contribution in [-0.2, 0) is 0 Å². The maximum absolute atomic E-state index is 5.82. The Morgan fingerprint density at radius 3 is 2.40 bits per heavy atom. The van der Waals surface area contributed by atoms with E-state index in [1.807, 2.05) is 0 Å². The second kappa shape index (κ2) is 6.01. The molecule has 2 unspecified atom stereocenters. The number of hydrogen-bond donors (Lipinski definition) is 1. The first-order valence-electron chi connectivity index (χ1n) is 7.98. The highest BCUT2D eigenvalue weighted by Gasteiger charge is 2.18. The predicted octanol–water partition coefficient (Wildman–Crippen LogP) is 4.68. The Morgan fingerprint density at radius 1 is 0.950 bits per heavy atom. The molecule has 0 aromatic heterocycles. The Bertz CT molecular complexity index is 488. The molecule has 3 rings (SSSR count). The maximum atomic E-state index is 5.82. The summed E-state index contributed by atoms with van der Waals surface area (Å²) in [5.74, 6) is 1.95. The van der Waals surface area contributed by atoms with Crippen molar-refractivity contribution in [1.82, 2.24) is 5.48 Å². The van der Waals surface area contributed by atoms with Crippen LogP contribution in [0.1, 0.15) is 68.9 Å². The number of allylic oxidation sites excluding steroid dienone is 2. The molecule has 0 bridgehead atoms. The van der Waals surface area contributed by atoms with Gasteiger partial charge in [-0.25, -0.2) is 0 Å². The molecule has 1 saturated carbocycles. The van der Waals surface area contributed by atoms with Crippen LogP contribution in [0.5, 0.6) is 5.75 Å². The summed E-state index contributed by atoms with van der Waals surface area (Å²) < 4.78 is 0. The van der Waals surface area contributed by atoms with Gasteiger partial charge in [0.2, 0.25) is 0 Å². The summed E-state index contributed by atoms with van der Waals surface area (Å²) in [5, 5.41) is 0. The van der Waals surface area contributed by atoms with Crippen LogP contribution in [0.3, 0.4) is 0 Å². The van der Waals surface area contributed by atoms with E-state index in [0.29, 0.717) is 17.9 Å². The SMILES string of the molecule is CC1C=CC(C)c2cc(ONC3CCCCC3)ccc21. The van der Waals surface area contributed by atoms with E-state index in [-0.39, 0.29) is 0 Å². The third kappa shape index (κ3) is 2.90. The molecule has 2 nitrogen and oxygen atoms in total. The maximum Gasteiger partial charge on any atom is 0.147 e. The minimum Gasteiger partial charge on any atom is -0.408 e. The highest BCUT2D eigenvalue weighted by Crippen LogP contribution is 2.35. The monoisotopic (exact) mass is 271 g/mol. The minimum absolute atomic E-state index is 0.486. The molecule has 108 valence electrons. The van der Waals surface area contributed by atoms with Crippen molar-refractivity contribution < 1.29 is 4.84 Å². The molecule has 0 heterocycles. The molecule has 1 aromatic rings. The third-order valence-corrected chi connectivity index (χ3v) is 4.68. The lowest BCUT2D eigenvalue weighted by Gasteiger charge is -2.25. The van der Waals surface area contributed by atoms with Crippen molar-refractivity contribution in [2.75, 3.05) is 0 Å². The number of nitrogens with one attached hydrogen (secondary N) is 1. The lowest BCUT2D eigenvalue weighted by molar-refractivity contribution is 0.133. The first-order valence-corrected chi connectivity index (χ1v) is 7.98. The molecule has 0 amide bonds. The first-order chi connectivity index (χ1) is 9.74. The smallest absolute Gasteiger partial charge is 0.147 e. The second-order valence-corrected chi connectivity index (χ2v) is 6.31. The van der Waals surface area contributed by atoms with Crippen molar-refractivity contribution in [2.24, 2.45) is 0 Å². The van der Waals surface area contributed by atoms with Gasteiger partial charge in [-0.15, -0.1) is 0 Å². The van der Waals surface area contributed by atoms with Crippen LogP contribution in [0, 0.1) is 0 Å². The van der Waals surface area contributed by atoms with Gasteiger partial charge in [0.15, 0.2) is 0 Å². The highest BCUT2D eigenvalue weighted by molar-refractivity contribution is 5.45. The third-order valence-electron chi connectivity index (χ3n) is 4.68. The van der Waals surface area contributed by atoms with Gasteiger partial charge in [-0.1, -0.05) is 51.3 Å². The Balaban J connectivity index is 1.68. The summed E-state index contributed by atoms with van der Waals surface area (Å²) in [6, 6.07) is 7.04. The molecule has 20 heavy (non-hydrogen) atoms. The molecular formula is C18H25NO. The molecule has 1 aromatic carbocycles. The lowest BCUT2D eigenvalue weighted by Crippen LogP contribution is -2.33. The average molecular weight is 271 g/mol. The topological polar surface area (TPSA) is 21.3 Å². The fourth-order valence-electron chi connectivity index (χ4n) is 3.34. The van der Waals surface area contributed by atoms with Crippen molar-refractivity contribution >= 4 is 0 Å². The van der Waals surface area contributed by atoms with Crippen LogP contribution in [-0.4, -0.2) is 6.04 Å². The van der Waals surface area contributed by atoms with Gasteiger partial charge >= 0.3 is 0 Å². The molecule has 1 N–H and O–H groups in total. The van der Waals surface area contributed by atoms with Crippen molar-refractivity contribution in [2.45, 2.75) is 63.8 Å². The Labute approximate surface area is 122 Å². The largest absolute Gasteiger partial charge is 0.408 e. The molecule has 2 heteroatoms. The molecule has 2 aliphatic rings. The fraction of sp³-hybridized carbons (Fsp3) is 0.556. The minimum atomic E-state index is 0.486. The van der Waals surface area contributed by atoms with E-state index in [1.54, 1.807) is 0 Å². The number of fused-ring (bicyclic) bond motifs is 1. The van der Waals surface area contributed by atoms with E-state index >= 15 is 0 Å². The molecular weight excluding hydrogens is 246 g/mol. The molecule has 2 aliphatic carbocycles. The van der Waals surface area contributed by atoms with Gasteiger partial charge < -0.3 is 4.84 Å². The summed E-state index contributed by atoms with van der Waals surface area (Å²) in [7, 11) is 0. The van der Waals surface area contributed by atoms with Gasteiger partial charge in [0.05, 0.1) is 0 Å². The van der Waals surface area contributed by atoms with Crippen molar-refractivity contribution in [3.8, 4) is 5.75 Å². The van der Waals surface area contributed by atoms with Gasteiger partial charge in [0, 0.05) is 6.04 Å². The van der Waals surface area contributed by atoms with E-state index in [0.717, 1.165) is 5.75 Å². The van der Waals surface area contributed by atoms with E-state index in [4.69, 9.17) is 4.84 Å². The van der Waals surface area contributed by atoms with Gasteiger partial charge in [0.25, 0.3) is 0 Å². The summed E-state index contributed by atoms with van der Waals surface area (Å²) in [6.45, 7) is 4.50. The average Bonchev–Trinajstić information content (AvgIpc) is 2.50. The van der Waals surface area contributed by atoms with Crippen molar-refractivity contribution in [3.05, 3.63) is 41.5 Å². The van der Waals surface area contributed by atoms with Gasteiger partial charge in [-0.05, 0) is 47.9 Å². The zero-order chi connectivity index (χ0) is 13.9. The number of hydrogen-bond acceptors (Lipinski definition) is 2. The van der Waals surface area contributed by atoms with Gasteiger partial charge in [-0.3, -0.25) is 0 Å². The van der Waals surface area contributed by atoms with Crippen molar-refractivity contribution in [1.29, 1.82) is 0 Å².